The largest absolute Gasteiger partial charge is 0.493 e. The number of likely N-dealkylation sites (N-methyl/N-ethyl adjacent to an activating group) is 1. The molecular formula is C75H90N11O20PS. The van der Waals surface area contributed by atoms with E-state index in [1.54, 1.807) is 55.7 Å². The third kappa shape index (κ3) is 18.1. The number of anilines is 3. The number of piperidine rings is 1. The molecule has 0 spiro atoms. The number of fused-ring (bicyclic) bond motifs is 2. The van der Waals surface area contributed by atoms with Gasteiger partial charge in [0.25, 0.3) is 17.7 Å². The van der Waals surface area contributed by atoms with Gasteiger partial charge in [-0.25, -0.2) is 19.6 Å². The van der Waals surface area contributed by atoms with Crippen LogP contribution in [0, 0.1) is 23.2 Å². The quantitative estimate of drug-likeness (QED) is 0.0115. The standard InChI is InChI=1S/C75H90N11O20PS/c1-44-49(47-18-21-56(80-61(47)68(95)96)84-28-25-46-50(36-84)48(17-20-53(46)103-31-11-33-107(100,101)102)66(94)82-70-79-51-13-7-8-14-55(51)108-70)35-77-86(44)43-74-38-72(2)37-73(3,39-74)41-75(40-72,42-74)105-32-29-83(4)71(99)104-30-10-12-45-16-19-54(106-67-65(93)64(92)63(91)62(81-67)69(97)98)52(34-45)78-58(88)24-26-76-57(87)15-6-5-9-27-85-59(89)22-23-60(85)90/h7-8,10,12-14,16-23,34-35,62-65,67,81,91-93H,5-6,9,11,15,24-33,36-43H2,1-4H3,(H,76,87)(H,78,88)(H,95,96)(H,97,98)(H,79,82,94)(H2,100,101,102)/b12-10+/t62-,63+,64-,65+,67-,72?,73?,74?,75?/m0/s1. The van der Waals surface area contributed by atoms with Gasteiger partial charge in [0.1, 0.15) is 48.3 Å². The first kappa shape index (κ1) is 78.1. The molecule has 33 heteroatoms. The molecule has 31 nitrogen and oxygen atoms in total. The van der Waals surface area contributed by atoms with Crippen LogP contribution in [0.25, 0.3) is 27.4 Å². The topological polar surface area (TPSA) is 434 Å². The SMILES string of the molecule is Cc1c(-c2ccc(N3CCc4c(OCCCP(=O)(O)O)ccc(C(=O)Nc5nc6ccccc6s5)c4C3)nc2C(=O)O)cnn1CC12CC3(C)CC(C)(C1)CC(OCCN(C)C(=O)OC/C=C/c1ccc(O[C@@H]4N[C@H](C(=O)O)[C@@H](O)[C@H](O)[C@H]4O)c(NC(=O)CCNC(=O)CCCCCN4C(=O)C=CC4=O)c1)(C3)C2. The molecule has 3 aromatic heterocycles. The average molecular weight is 1530 g/mol. The van der Waals surface area contributed by atoms with Gasteiger partial charge in [-0.3, -0.25) is 53.5 Å². The van der Waals surface area contributed by atoms with Crippen LogP contribution in [0.3, 0.4) is 0 Å². The number of rotatable bonds is 32. The summed E-state index contributed by atoms with van der Waals surface area (Å²) in [6, 6.07) is 17.2. The molecule has 13 rings (SSSR count). The molecule has 3 aromatic carbocycles. The summed E-state index contributed by atoms with van der Waals surface area (Å²) >= 11 is 1.34. The van der Waals surface area contributed by atoms with Crippen LogP contribution in [0.15, 0.2) is 91.2 Å². The molecule has 3 aliphatic heterocycles. The molecule has 1 saturated heterocycles. The smallest absolute Gasteiger partial charge is 0.409 e. The van der Waals surface area contributed by atoms with Crippen LogP contribution in [0.5, 0.6) is 11.5 Å². The number of benzene rings is 3. The van der Waals surface area contributed by atoms with Gasteiger partial charge in [-0.15, -0.1) is 0 Å². The van der Waals surface area contributed by atoms with Gasteiger partial charge in [-0.05, 0) is 153 Å². The van der Waals surface area contributed by atoms with Crippen molar-refractivity contribution in [2.75, 3.05) is 74.7 Å². The number of carboxylic acid groups (broad SMARTS) is 2. The van der Waals surface area contributed by atoms with E-state index in [2.05, 4.69) is 40.1 Å². The lowest BCUT2D eigenvalue weighted by Crippen LogP contribution is -2.68. The number of hydrogen-bond acceptors (Lipinski definition) is 22. The van der Waals surface area contributed by atoms with Crippen LogP contribution in [0.2, 0.25) is 0 Å². The minimum absolute atomic E-state index is 0.0348. The number of aromatic nitrogens is 4. The number of nitrogens with zero attached hydrogens (tertiary/aromatic N) is 7. The Labute approximate surface area is 625 Å². The average Bonchev–Trinajstić information content (AvgIpc) is 0.830. The van der Waals surface area contributed by atoms with Crippen LogP contribution < -0.4 is 35.6 Å². The number of aliphatic hydroxyl groups excluding tert-OH is 3. The second-order valence-corrected chi connectivity index (χ2v) is 32.7. The first-order chi connectivity index (χ1) is 51.4. The molecular weight excluding hydrogens is 1440 g/mol. The number of thiazole rings is 1. The van der Waals surface area contributed by atoms with Gasteiger partial charge in [0.2, 0.25) is 11.8 Å². The Balaban J connectivity index is 0.661. The maximum atomic E-state index is 14.2. The highest BCUT2D eigenvalue weighted by Crippen LogP contribution is 2.72. The minimum Gasteiger partial charge on any atom is -0.493 e. The van der Waals surface area contributed by atoms with E-state index in [1.807, 2.05) is 40.8 Å². The van der Waals surface area contributed by atoms with E-state index in [-0.39, 0.29) is 123 Å². The van der Waals surface area contributed by atoms with E-state index in [0.29, 0.717) is 83.3 Å². The zero-order chi connectivity index (χ0) is 77.0. The highest BCUT2D eigenvalue weighted by molar-refractivity contribution is 7.51. The fourth-order valence-electron chi connectivity index (χ4n) is 17.2. The molecule has 0 radical (unpaired) electrons. The molecule has 2 unspecified atom stereocenters. The Bertz CT molecular complexity index is 4510. The first-order valence-corrected chi connectivity index (χ1v) is 38.6. The molecule has 4 saturated carbocycles. The molecule has 6 heterocycles. The van der Waals surface area contributed by atoms with Crippen LogP contribution >= 0.6 is 18.9 Å². The Morgan fingerprint density at radius 3 is 2.29 bits per heavy atom. The Kier molecular flexibility index (Phi) is 23.4. The number of para-hydroxylation sites is 1. The summed E-state index contributed by atoms with van der Waals surface area (Å²) in [4.78, 5) is 135. The third-order valence-electron chi connectivity index (χ3n) is 21.0. The maximum Gasteiger partial charge on any atom is 0.409 e. The molecule has 576 valence electrons. The van der Waals surface area contributed by atoms with Crippen molar-refractivity contribution in [1.82, 2.24) is 40.2 Å². The van der Waals surface area contributed by atoms with Crippen LogP contribution in [0.4, 0.5) is 21.4 Å². The van der Waals surface area contributed by atoms with E-state index < -0.39 is 73.6 Å². The summed E-state index contributed by atoms with van der Waals surface area (Å²) in [7, 11) is -2.63. The number of aromatic carboxylic acids is 1. The van der Waals surface area contributed by atoms with Gasteiger partial charge < -0.3 is 74.7 Å². The number of unbranched alkanes of at least 4 members (excludes halogenated alkanes) is 2. The number of carbonyl (C=O) groups is 8. The van der Waals surface area contributed by atoms with Crippen molar-refractivity contribution in [3.05, 3.63) is 125 Å². The van der Waals surface area contributed by atoms with Crippen molar-refractivity contribution < 1.29 is 97.2 Å². The third-order valence-corrected chi connectivity index (χ3v) is 22.9. The van der Waals surface area contributed by atoms with Crippen molar-refractivity contribution in [3.63, 3.8) is 0 Å². The van der Waals surface area contributed by atoms with Gasteiger partial charge in [-0.2, -0.15) is 5.10 Å². The summed E-state index contributed by atoms with van der Waals surface area (Å²) in [6.45, 7) is 8.20. The zero-order valence-electron chi connectivity index (χ0n) is 60.3. The lowest BCUT2D eigenvalue weighted by Gasteiger charge is -2.69. The Morgan fingerprint density at radius 2 is 1.56 bits per heavy atom. The second-order valence-electron chi connectivity index (χ2n) is 29.9. The van der Waals surface area contributed by atoms with Crippen molar-refractivity contribution in [1.29, 1.82) is 0 Å². The molecule has 5 fully saturated rings. The molecule has 4 bridgehead atoms. The zero-order valence-corrected chi connectivity index (χ0v) is 62.0. The molecule has 7 atom stereocenters. The van der Waals surface area contributed by atoms with E-state index in [0.717, 1.165) is 64.9 Å². The van der Waals surface area contributed by atoms with E-state index in [1.165, 1.54) is 40.5 Å². The molecule has 108 heavy (non-hydrogen) atoms. The van der Waals surface area contributed by atoms with Crippen molar-refractivity contribution in [2.45, 2.75) is 154 Å². The van der Waals surface area contributed by atoms with Crippen LogP contribution in [0.1, 0.15) is 134 Å². The van der Waals surface area contributed by atoms with Crippen LogP contribution in [-0.4, -0.2) is 208 Å². The molecule has 6 aromatic rings. The highest BCUT2D eigenvalue weighted by atomic mass is 32.1. The van der Waals surface area contributed by atoms with E-state index >= 15 is 0 Å². The summed E-state index contributed by atoms with van der Waals surface area (Å²) in [5.41, 5.74) is 3.75. The van der Waals surface area contributed by atoms with E-state index in [4.69, 9.17) is 29.0 Å². The Hall–Kier alpha value is -9.50. The predicted molar refractivity (Wildman–Crippen MR) is 395 cm³/mol. The lowest BCUT2D eigenvalue weighted by atomic mass is 9.39. The number of pyridine rings is 1. The van der Waals surface area contributed by atoms with Crippen LogP contribution in [-0.2, 0) is 57.5 Å². The van der Waals surface area contributed by atoms with Gasteiger partial charge >= 0.3 is 25.6 Å². The van der Waals surface area contributed by atoms with Gasteiger partial charge in [0.15, 0.2) is 17.1 Å². The minimum atomic E-state index is -4.25. The number of nitrogens with one attached hydrogen (secondary N) is 4. The number of aliphatic carboxylic acids is 1. The fraction of sp³-hybridized carbons (Fsp3) is 0.480. The normalized spacial score (nSPS) is 24.3. The Morgan fingerprint density at radius 1 is 0.806 bits per heavy atom. The summed E-state index contributed by atoms with van der Waals surface area (Å²) < 4.78 is 39.1. The predicted octanol–water partition coefficient (Wildman–Crippen LogP) is 7.01. The van der Waals surface area contributed by atoms with Gasteiger partial charge in [0, 0.05) is 99.3 Å². The van der Waals surface area contributed by atoms with E-state index in [9.17, 15) is 78.2 Å². The van der Waals surface area contributed by atoms with Crippen molar-refractivity contribution in [2.24, 2.45) is 16.2 Å². The number of aliphatic hydroxyl groups is 3. The van der Waals surface area contributed by atoms with Crippen molar-refractivity contribution in [3.8, 4) is 22.6 Å². The molecule has 4 aliphatic carbocycles. The lowest BCUT2D eigenvalue weighted by molar-refractivity contribution is -0.248. The van der Waals surface area contributed by atoms with Crippen molar-refractivity contribution >= 4 is 99.4 Å². The fourth-order valence-corrected chi connectivity index (χ4v) is 18.6. The van der Waals surface area contributed by atoms with Gasteiger partial charge in [0.05, 0.1) is 47.1 Å². The molecule has 6 amide bonds. The summed E-state index contributed by atoms with van der Waals surface area (Å²) in [5.74, 6) is -3.99. The molecule has 7 aliphatic rings. The maximum absolute atomic E-state index is 14.2. The summed E-state index contributed by atoms with van der Waals surface area (Å²) in [6.07, 6.45) is 6.52. The number of ether oxygens (including phenoxy) is 4. The number of carbonyl (C=O) groups excluding carboxylic acids is 6. The monoisotopic (exact) mass is 1530 g/mol. The first-order valence-electron chi connectivity index (χ1n) is 36.0. The summed E-state index contributed by atoms with van der Waals surface area (Å²) in [5, 5.41) is 68.4. The number of carboxylic acids is 2. The number of imide groups is 1. The van der Waals surface area contributed by atoms with Gasteiger partial charge in [-0.1, -0.05) is 55.9 Å². The second kappa shape index (κ2) is 32.4. The number of amides is 6. The number of hydrogen-bond donors (Lipinski definition) is 11. The highest BCUT2D eigenvalue weighted by Gasteiger charge is 2.66. The molecule has 11 N–H and O–H groups in total.